The zero-order valence-corrected chi connectivity index (χ0v) is 11.7. The predicted octanol–water partition coefficient (Wildman–Crippen LogP) is 2.95. The van der Waals surface area contributed by atoms with Crippen LogP contribution in [0.25, 0.3) is 0 Å². The van der Waals surface area contributed by atoms with Gasteiger partial charge < -0.3 is 5.32 Å². The molecular formula is C11H18N4O2S. The van der Waals surface area contributed by atoms with Crippen molar-refractivity contribution in [2.45, 2.75) is 32.2 Å². The van der Waals surface area contributed by atoms with Gasteiger partial charge in [-0.1, -0.05) is 25.6 Å². The van der Waals surface area contributed by atoms with Gasteiger partial charge in [-0.25, -0.2) is 9.97 Å². The van der Waals surface area contributed by atoms with Gasteiger partial charge in [-0.05, 0) is 25.0 Å². The number of nitrogens with one attached hydrogen (secondary N) is 1. The van der Waals surface area contributed by atoms with Crippen LogP contribution < -0.4 is 5.32 Å². The molecule has 0 aliphatic carbocycles. The van der Waals surface area contributed by atoms with Crippen LogP contribution in [0.1, 0.15) is 27.2 Å². The lowest BCUT2D eigenvalue weighted by molar-refractivity contribution is -0.387. The van der Waals surface area contributed by atoms with E-state index in [0.717, 1.165) is 12.2 Å². The van der Waals surface area contributed by atoms with Crippen LogP contribution in [0.3, 0.4) is 0 Å². The van der Waals surface area contributed by atoms with E-state index in [1.54, 1.807) is 0 Å². The summed E-state index contributed by atoms with van der Waals surface area (Å²) in [5.41, 5.74) is -0.0203. The second kappa shape index (κ2) is 7.15. The fourth-order valence-corrected chi connectivity index (χ4v) is 2.53. The first-order valence-electron chi connectivity index (χ1n) is 5.92. The summed E-state index contributed by atoms with van der Waals surface area (Å²) in [5.74, 6) is 1.69. The quantitative estimate of drug-likeness (QED) is 0.355. The van der Waals surface area contributed by atoms with Crippen LogP contribution in [-0.2, 0) is 0 Å². The molecule has 6 nitrogen and oxygen atoms in total. The van der Waals surface area contributed by atoms with Gasteiger partial charge in [-0.2, -0.15) is 0 Å². The lowest BCUT2D eigenvalue weighted by Crippen LogP contribution is -2.06. The summed E-state index contributed by atoms with van der Waals surface area (Å²) in [5, 5.41) is 14.4. The summed E-state index contributed by atoms with van der Waals surface area (Å²) in [4.78, 5) is 18.6. The Morgan fingerprint density at radius 1 is 1.50 bits per heavy atom. The SMILES string of the molecule is CCNc1ncnc(SCCC(C)C)c1[N+](=O)[O-]. The Morgan fingerprint density at radius 2 is 2.22 bits per heavy atom. The smallest absolute Gasteiger partial charge is 0.343 e. The van der Waals surface area contributed by atoms with E-state index in [4.69, 9.17) is 0 Å². The Labute approximate surface area is 111 Å². The first-order chi connectivity index (χ1) is 8.56. The molecule has 18 heavy (non-hydrogen) atoms. The summed E-state index contributed by atoms with van der Waals surface area (Å²) in [6, 6.07) is 0. The van der Waals surface area contributed by atoms with Gasteiger partial charge in [-0.15, -0.1) is 0 Å². The molecule has 7 heteroatoms. The number of nitro groups is 1. The van der Waals surface area contributed by atoms with Gasteiger partial charge in [-0.3, -0.25) is 10.1 Å². The van der Waals surface area contributed by atoms with Crippen LogP contribution in [0.4, 0.5) is 11.5 Å². The minimum Gasteiger partial charge on any atom is -0.364 e. The van der Waals surface area contributed by atoms with Crippen molar-refractivity contribution < 1.29 is 4.92 Å². The van der Waals surface area contributed by atoms with Crippen molar-refractivity contribution in [2.75, 3.05) is 17.6 Å². The maximum Gasteiger partial charge on any atom is 0.343 e. The maximum absolute atomic E-state index is 11.1. The van der Waals surface area contributed by atoms with Crippen LogP contribution in [0.2, 0.25) is 0 Å². The van der Waals surface area contributed by atoms with Gasteiger partial charge in [0.25, 0.3) is 0 Å². The van der Waals surface area contributed by atoms with Crippen molar-refractivity contribution in [2.24, 2.45) is 5.92 Å². The average Bonchev–Trinajstić information content (AvgIpc) is 2.28. The Kier molecular flexibility index (Phi) is 5.84. The summed E-state index contributed by atoms with van der Waals surface area (Å²) in [7, 11) is 0. The van der Waals surface area contributed by atoms with Crippen molar-refractivity contribution in [3.63, 3.8) is 0 Å². The normalized spacial score (nSPS) is 10.7. The number of aromatic nitrogens is 2. The van der Waals surface area contributed by atoms with Crippen LogP contribution in [0.5, 0.6) is 0 Å². The largest absolute Gasteiger partial charge is 0.364 e. The van der Waals surface area contributed by atoms with Crippen molar-refractivity contribution in [3.8, 4) is 0 Å². The van der Waals surface area contributed by atoms with Gasteiger partial charge in [0.15, 0.2) is 5.03 Å². The zero-order chi connectivity index (χ0) is 13.5. The van der Waals surface area contributed by atoms with E-state index in [-0.39, 0.29) is 5.69 Å². The lowest BCUT2D eigenvalue weighted by Gasteiger charge is -2.07. The summed E-state index contributed by atoms with van der Waals surface area (Å²) in [6.07, 6.45) is 2.37. The standard InChI is InChI=1S/C11H18N4O2S/c1-4-12-10-9(15(16)17)11(14-7-13-10)18-6-5-8(2)3/h7-8H,4-6H2,1-3H3,(H,12,13,14). The third-order valence-electron chi connectivity index (χ3n) is 2.25. The Hall–Kier alpha value is -1.37. The van der Waals surface area contributed by atoms with E-state index in [1.807, 2.05) is 6.92 Å². The molecule has 1 aromatic heterocycles. The molecule has 0 unspecified atom stereocenters. The number of nitrogens with zero attached hydrogens (tertiary/aromatic N) is 3. The Balaban J connectivity index is 2.88. The summed E-state index contributed by atoms with van der Waals surface area (Å²) < 4.78 is 0. The Morgan fingerprint density at radius 3 is 2.78 bits per heavy atom. The van der Waals surface area contributed by atoms with E-state index < -0.39 is 4.92 Å². The highest BCUT2D eigenvalue weighted by Crippen LogP contribution is 2.32. The molecule has 1 rings (SSSR count). The number of hydrogen-bond acceptors (Lipinski definition) is 6. The molecule has 0 aliphatic rings. The van der Waals surface area contributed by atoms with Gasteiger partial charge in [0, 0.05) is 6.54 Å². The fraction of sp³-hybridized carbons (Fsp3) is 0.636. The van der Waals surface area contributed by atoms with Crippen LogP contribution >= 0.6 is 11.8 Å². The molecular weight excluding hydrogens is 252 g/mol. The highest BCUT2D eigenvalue weighted by molar-refractivity contribution is 7.99. The first-order valence-corrected chi connectivity index (χ1v) is 6.90. The summed E-state index contributed by atoms with van der Waals surface area (Å²) in [6.45, 7) is 6.71. The molecule has 0 fully saturated rings. The third kappa shape index (κ3) is 4.14. The van der Waals surface area contributed by atoms with Crippen LogP contribution in [0, 0.1) is 16.0 Å². The molecule has 0 spiro atoms. The molecule has 0 amide bonds. The predicted molar refractivity (Wildman–Crippen MR) is 73.0 cm³/mol. The molecule has 0 saturated heterocycles. The van der Waals surface area contributed by atoms with Crippen LogP contribution in [-0.4, -0.2) is 27.2 Å². The van der Waals surface area contributed by atoms with E-state index in [0.29, 0.717) is 23.3 Å². The third-order valence-corrected chi connectivity index (χ3v) is 3.26. The molecule has 0 radical (unpaired) electrons. The molecule has 1 N–H and O–H groups in total. The van der Waals surface area contributed by atoms with Crippen molar-refractivity contribution in [1.82, 2.24) is 9.97 Å². The number of rotatable bonds is 7. The highest BCUT2D eigenvalue weighted by Gasteiger charge is 2.22. The van der Waals surface area contributed by atoms with Crippen molar-refractivity contribution >= 4 is 23.3 Å². The summed E-state index contributed by atoms with van der Waals surface area (Å²) >= 11 is 1.41. The first kappa shape index (κ1) is 14.7. The lowest BCUT2D eigenvalue weighted by atomic mass is 10.2. The van der Waals surface area contributed by atoms with E-state index >= 15 is 0 Å². The van der Waals surface area contributed by atoms with Gasteiger partial charge in [0.05, 0.1) is 4.92 Å². The Bertz CT molecular complexity index is 412. The van der Waals surface area contributed by atoms with Crippen molar-refractivity contribution in [3.05, 3.63) is 16.4 Å². The zero-order valence-electron chi connectivity index (χ0n) is 10.8. The topological polar surface area (TPSA) is 81.0 Å². The van der Waals surface area contributed by atoms with Gasteiger partial charge >= 0.3 is 5.69 Å². The molecule has 1 aromatic rings. The molecule has 0 saturated carbocycles. The highest BCUT2D eigenvalue weighted by atomic mass is 32.2. The van der Waals surface area contributed by atoms with Gasteiger partial charge in [0.2, 0.25) is 5.82 Å². The molecule has 0 atom stereocenters. The number of anilines is 1. The number of hydrogen-bond donors (Lipinski definition) is 1. The molecule has 0 bridgehead atoms. The molecule has 100 valence electrons. The van der Waals surface area contributed by atoms with E-state index in [2.05, 4.69) is 29.1 Å². The second-order valence-electron chi connectivity index (χ2n) is 4.19. The van der Waals surface area contributed by atoms with Crippen molar-refractivity contribution in [1.29, 1.82) is 0 Å². The van der Waals surface area contributed by atoms with E-state index in [9.17, 15) is 10.1 Å². The minimum atomic E-state index is -0.421. The molecule has 0 aromatic carbocycles. The number of thioether (sulfide) groups is 1. The maximum atomic E-state index is 11.1. The van der Waals surface area contributed by atoms with Crippen LogP contribution in [0.15, 0.2) is 11.4 Å². The molecule has 1 heterocycles. The fourth-order valence-electron chi connectivity index (χ4n) is 1.32. The minimum absolute atomic E-state index is 0.0203. The average molecular weight is 270 g/mol. The second-order valence-corrected chi connectivity index (χ2v) is 5.28. The molecule has 0 aliphatic heterocycles. The van der Waals surface area contributed by atoms with Gasteiger partial charge in [0.1, 0.15) is 6.33 Å². The van der Waals surface area contributed by atoms with E-state index in [1.165, 1.54) is 18.1 Å². The monoisotopic (exact) mass is 270 g/mol.